The molecule has 156 valence electrons. The van der Waals surface area contributed by atoms with Crippen molar-refractivity contribution in [3.8, 4) is 0 Å². The molecule has 5 nitrogen and oxygen atoms in total. The molecule has 1 N–H and O–H groups in total. The van der Waals surface area contributed by atoms with Crippen LogP contribution in [-0.2, 0) is 21.4 Å². The van der Waals surface area contributed by atoms with E-state index in [4.69, 9.17) is 34.8 Å². The monoisotopic (exact) mass is 482 g/mol. The van der Waals surface area contributed by atoms with E-state index in [1.54, 1.807) is 48.5 Å². The average molecular weight is 484 g/mol. The summed E-state index contributed by atoms with van der Waals surface area (Å²) in [6, 6.07) is 19.1. The first-order valence-electron chi connectivity index (χ1n) is 8.79. The first-order chi connectivity index (χ1) is 14.2. The molecule has 0 saturated heterocycles. The van der Waals surface area contributed by atoms with Crippen LogP contribution in [0.3, 0.4) is 0 Å². The third-order valence-electron chi connectivity index (χ3n) is 4.15. The molecule has 9 heteroatoms. The number of hydrogen-bond donors (Lipinski definition) is 1. The Morgan fingerprint density at radius 3 is 2.03 bits per heavy atom. The maximum atomic E-state index is 13.2. The minimum absolute atomic E-state index is 0.0282. The van der Waals surface area contributed by atoms with E-state index >= 15 is 0 Å². The van der Waals surface area contributed by atoms with E-state index in [2.05, 4.69) is 5.32 Å². The highest BCUT2D eigenvalue weighted by atomic mass is 35.5. The summed E-state index contributed by atoms with van der Waals surface area (Å²) in [6.07, 6.45) is 0. The highest BCUT2D eigenvalue weighted by Crippen LogP contribution is 2.22. The molecule has 0 spiro atoms. The van der Waals surface area contributed by atoms with Gasteiger partial charge in [-0.15, -0.1) is 0 Å². The van der Waals surface area contributed by atoms with Crippen molar-refractivity contribution in [2.45, 2.75) is 11.4 Å². The van der Waals surface area contributed by atoms with Gasteiger partial charge in [0, 0.05) is 27.3 Å². The summed E-state index contributed by atoms with van der Waals surface area (Å²) >= 11 is 17.8. The Balaban J connectivity index is 1.87. The lowest BCUT2D eigenvalue weighted by atomic mass is 10.2. The molecular formula is C21H17Cl3N2O3S. The molecule has 1 amide bonds. The Morgan fingerprint density at radius 1 is 0.833 bits per heavy atom. The second kappa shape index (κ2) is 9.81. The van der Waals surface area contributed by atoms with E-state index in [-0.39, 0.29) is 18.0 Å². The number of rotatable bonds is 7. The lowest BCUT2D eigenvalue weighted by Gasteiger charge is -2.22. The lowest BCUT2D eigenvalue weighted by molar-refractivity contribution is -0.116. The second-order valence-electron chi connectivity index (χ2n) is 6.41. The summed E-state index contributed by atoms with van der Waals surface area (Å²) in [7, 11) is -3.97. The van der Waals surface area contributed by atoms with Gasteiger partial charge in [0.25, 0.3) is 0 Å². The normalized spacial score (nSPS) is 11.5. The van der Waals surface area contributed by atoms with Gasteiger partial charge in [0.2, 0.25) is 15.9 Å². The van der Waals surface area contributed by atoms with Crippen molar-refractivity contribution in [3.63, 3.8) is 0 Å². The molecule has 30 heavy (non-hydrogen) atoms. The molecule has 0 aliphatic carbocycles. The molecule has 0 heterocycles. The van der Waals surface area contributed by atoms with Crippen LogP contribution in [0.25, 0.3) is 0 Å². The minimum Gasteiger partial charge on any atom is -0.325 e. The Morgan fingerprint density at radius 2 is 1.43 bits per heavy atom. The molecule has 0 fully saturated rings. The molecule has 0 bridgehead atoms. The number of carbonyl (C=O) groups excluding carboxylic acids is 1. The van der Waals surface area contributed by atoms with Crippen LogP contribution in [0.4, 0.5) is 5.69 Å². The van der Waals surface area contributed by atoms with Gasteiger partial charge in [-0.3, -0.25) is 4.79 Å². The first kappa shape index (κ1) is 22.6. The lowest BCUT2D eigenvalue weighted by Crippen LogP contribution is -2.37. The van der Waals surface area contributed by atoms with E-state index in [0.29, 0.717) is 26.3 Å². The fourth-order valence-corrected chi connectivity index (χ4v) is 4.56. The fourth-order valence-electron chi connectivity index (χ4n) is 2.71. The van der Waals surface area contributed by atoms with Crippen molar-refractivity contribution in [3.05, 3.63) is 93.4 Å². The van der Waals surface area contributed by atoms with Gasteiger partial charge in [-0.2, -0.15) is 4.31 Å². The fraction of sp³-hybridized carbons (Fsp3) is 0.0952. The van der Waals surface area contributed by atoms with Crippen LogP contribution in [0.5, 0.6) is 0 Å². The van der Waals surface area contributed by atoms with Crippen molar-refractivity contribution in [2.75, 3.05) is 11.9 Å². The Kier molecular flexibility index (Phi) is 7.39. The van der Waals surface area contributed by atoms with Crippen LogP contribution in [0.1, 0.15) is 5.56 Å². The molecule has 0 aromatic heterocycles. The second-order valence-corrected chi connectivity index (χ2v) is 9.66. The number of nitrogens with one attached hydrogen (secondary N) is 1. The summed E-state index contributed by atoms with van der Waals surface area (Å²) in [5, 5.41) is 4.09. The SMILES string of the molecule is O=C(CN(Cc1cccc(Cl)c1)S(=O)(=O)c1ccc(Cl)cc1)Nc1ccc(Cl)cc1. The number of benzene rings is 3. The van der Waals surface area contributed by atoms with E-state index in [1.807, 2.05) is 0 Å². The summed E-state index contributed by atoms with van der Waals surface area (Å²) in [5.41, 5.74) is 1.16. The predicted molar refractivity (Wildman–Crippen MR) is 121 cm³/mol. The summed E-state index contributed by atoms with van der Waals surface area (Å²) < 4.78 is 27.5. The van der Waals surface area contributed by atoms with Crippen molar-refractivity contribution in [1.29, 1.82) is 0 Å². The van der Waals surface area contributed by atoms with Gasteiger partial charge in [0.1, 0.15) is 0 Å². The van der Waals surface area contributed by atoms with Gasteiger partial charge < -0.3 is 5.32 Å². The van der Waals surface area contributed by atoms with E-state index in [0.717, 1.165) is 4.31 Å². The zero-order valence-electron chi connectivity index (χ0n) is 15.6. The van der Waals surface area contributed by atoms with Gasteiger partial charge in [0.05, 0.1) is 11.4 Å². The standard InChI is InChI=1S/C21H17Cl3N2O3S/c22-16-4-8-19(9-5-16)25-21(27)14-26(13-15-2-1-3-18(24)12-15)30(28,29)20-10-6-17(23)7-11-20/h1-12H,13-14H2,(H,25,27). The van der Waals surface area contributed by atoms with Crippen molar-refractivity contribution in [2.24, 2.45) is 0 Å². The third kappa shape index (κ3) is 5.97. The topological polar surface area (TPSA) is 66.5 Å². The molecule has 0 aliphatic rings. The quantitative estimate of drug-likeness (QED) is 0.484. The number of anilines is 1. The average Bonchev–Trinajstić information content (AvgIpc) is 2.69. The summed E-state index contributed by atoms with van der Waals surface area (Å²) in [6.45, 7) is -0.417. The Hall–Kier alpha value is -2.09. The predicted octanol–water partition coefficient (Wildman–Crippen LogP) is 5.48. The molecule has 0 unspecified atom stereocenters. The van der Waals surface area contributed by atoms with Crippen LogP contribution < -0.4 is 5.32 Å². The summed E-state index contributed by atoms with van der Waals surface area (Å²) in [4.78, 5) is 12.6. The molecule has 3 aromatic carbocycles. The first-order valence-corrected chi connectivity index (χ1v) is 11.4. The number of nitrogens with zero attached hydrogens (tertiary/aromatic N) is 1. The summed E-state index contributed by atoms with van der Waals surface area (Å²) in [5.74, 6) is -0.489. The number of halogens is 3. The molecule has 3 rings (SSSR count). The van der Waals surface area contributed by atoms with Crippen molar-refractivity contribution < 1.29 is 13.2 Å². The number of sulfonamides is 1. The van der Waals surface area contributed by atoms with Gasteiger partial charge in [0.15, 0.2) is 0 Å². The van der Waals surface area contributed by atoms with Crippen molar-refractivity contribution in [1.82, 2.24) is 4.31 Å². The van der Waals surface area contributed by atoms with Crippen LogP contribution >= 0.6 is 34.8 Å². The smallest absolute Gasteiger partial charge is 0.243 e. The maximum absolute atomic E-state index is 13.2. The van der Waals surface area contributed by atoms with E-state index < -0.39 is 15.9 Å². The Bertz CT molecular complexity index is 1130. The molecule has 0 aliphatic heterocycles. The molecule has 0 atom stereocenters. The van der Waals surface area contributed by atoms with Gasteiger partial charge in [-0.05, 0) is 66.2 Å². The maximum Gasteiger partial charge on any atom is 0.243 e. The van der Waals surface area contributed by atoms with Crippen LogP contribution in [0, 0.1) is 0 Å². The zero-order chi connectivity index (χ0) is 21.7. The van der Waals surface area contributed by atoms with E-state index in [1.165, 1.54) is 24.3 Å². The number of amides is 1. The minimum atomic E-state index is -3.97. The molecule has 0 radical (unpaired) electrons. The largest absolute Gasteiger partial charge is 0.325 e. The zero-order valence-corrected chi connectivity index (χ0v) is 18.6. The number of carbonyl (C=O) groups is 1. The third-order valence-corrected chi connectivity index (χ3v) is 6.69. The van der Waals surface area contributed by atoms with E-state index in [9.17, 15) is 13.2 Å². The molecule has 3 aromatic rings. The van der Waals surface area contributed by atoms with Crippen LogP contribution in [-0.4, -0.2) is 25.2 Å². The highest BCUT2D eigenvalue weighted by molar-refractivity contribution is 7.89. The Labute approximate surface area is 190 Å². The van der Waals surface area contributed by atoms with Gasteiger partial charge in [-0.1, -0.05) is 46.9 Å². The van der Waals surface area contributed by atoms with Gasteiger partial charge >= 0.3 is 0 Å². The van der Waals surface area contributed by atoms with Crippen LogP contribution in [0.2, 0.25) is 15.1 Å². The van der Waals surface area contributed by atoms with Crippen LogP contribution in [0.15, 0.2) is 77.7 Å². The molecular weight excluding hydrogens is 467 g/mol. The van der Waals surface area contributed by atoms with Crippen molar-refractivity contribution >= 4 is 56.4 Å². The number of hydrogen-bond acceptors (Lipinski definition) is 3. The molecule has 0 saturated carbocycles. The highest BCUT2D eigenvalue weighted by Gasteiger charge is 2.27. The van der Waals surface area contributed by atoms with Gasteiger partial charge in [-0.25, -0.2) is 8.42 Å².